The van der Waals surface area contributed by atoms with Gasteiger partial charge < -0.3 is 14.6 Å². The summed E-state index contributed by atoms with van der Waals surface area (Å²) in [5, 5.41) is 22.0. The Morgan fingerprint density at radius 2 is 1.58 bits per heavy atom. The number of carbonyl (C=O) groups is 2. The third-order valence-electron chi connectivity index (χ3n) is 6.37. The second-order valence-electron chi connectivity index (χ2n) is 8.60. The van der Waals surface area contributed by atoms with E-state index in [9.17, 15) is 14.7 Å². The van der Waals surface area contributed by atoms with Crippen LogP contribution in [0.15, 0.2) is 85.2 Å². The molecule has 1 fully saturated rings. The van der Waals surface area contributed by atoms with Gasteiger partial charge in [-0.1, -0.05) is 66.7 Å². The third kappa shape index (κ3) is 5.21. The Balaban J connectivity index is 0.00000304. The molecule has 0 spiro atoms. The third-order valence-corrected chi connectivity index (χ3v) is 6.37. The fourth-order valence-electron chi connectivity index (χ4n) is 4.11. The Kier molecular flexibility index (Phi) is 7.59. The van der Waals surface area contributed by atoms with Crippen LogP contribution in [0.25, 0.3) is 16.8 Å². The van der Waals surface area contributed by atoms with Gasteiger partial charge in [0.1, 0.15) is 12.4 Å². The van der Waals surface area contributed by atoms with Crippen molar-refractivity contribution in [3.05, 3.63) is 96.3 Å². The standard InChI is InChI=1S/C27H24N4O4.Na/c1-18(19-5-3-2-4-6-19)35-26(34)29-25-30-28-17-31(25)23-13-9-21(10-14-23)20-7-11-22(12-8-20)27(15-16-27)24(32)33;/h2-14,17-18H,15-16H2,1H3,(H,32,33)(H,29,30,34);/q;+1/p-1/t18-;/m1./s1. The van der Waals surface area contributed by atoms with Gasteiger partial charge in [0.05, 0.1) is 11.7 Å². The first-order valence-corrected chi connectivity index (χ1v) is 11.3. The Morgan fingerprint density at radius 3 is 2.17 bits per heavy atom. The summed E-state index contributed by atoms with van der Waals surface area (Å²) in [6.45, 7) is 1.80. The zero-order chi connectivity index (χ0) is 24.4. The first kappa shape index (κ1) is 25.6. The van der Waals surface area contributed by atoms with Crippen LogP contribution in [-0.2, 0) is 14.9 Å². The molecule has 0 saturated heterocycles. The van der Waals surface area contributed by atoms with E-state index in [2.05, 4.69) is 15.5 Å². The summed E-state index contributed by atoms with van der Waals surface area (Å²) < 4.78 is 7.11. The summed E-state index contributed by atoms with van der Waals surface area (Å²) >= 11 is 0. The monoisotopic (exact) mass is 490 g/mol. The second kappa shape index (κ2) is 10.7. The van der Waals surface area contributed by atoms with Gasteiger partial charge >= 0.3 is 35.7 Å². The maximum atomic E-state index is 12.4. The molecule has 1 aliphatic carbocycles. The van der Waals surface area contributed by atoms with Gasteiger partial charge in [0.25, 0.3) is 0 Å². The van der Waals surface area contributed by atoms with Crippen LogP contribution in [0.5, 0.6) is 0 Å². The number of carboxylic acids is 1. The first-order chi connectivity index (χ1) is 17.0. The van der Waals surface area contributed by atoms with Crippen LogP contribution in [0.2, 0.25) is 0 Å². The van der Waals surface area contributed by atoms with Crippen molar-refractivity contribution in [1.29, 1.82) is 0 Å². The van der Waals surface area contributed by atoms with Gasteiger partial charge in [-0.25, -0.2) is 4.79 Å². The number of anilines is 1. The van der Waals surface area contributed by atoms with E-state index in [1.54, 1.807) is 11.5 Å². The predicted octanol–water partition coefficient (Wildman–Crippen LogP) is 1.03. The van der Waals surface area contributed by atoms with Crippen molar-refractivity contribution in [3.8, 4) is 16.8 Å². The molecule has 8 nitrogen and oxygen atoms in total. The van der Waals surface area contributed by atoms with E-state index < -0.39 is 23.6 Å². The first-order valence-electron chi connectivity index (χ1n) is 11.3. The van der Waals surface area contributed by atoms with E-state index >= 15 is 0 Å². The van der Waals surface area contributed by atoms with Crippen LogP contribution in [0, 0.1) is 0 Å². The van der Waals surface area contributed by atoms with E-state index in [1.807, 2.05) is 78.9 Å². The number of nitrogens with zero attached hydrogens (tertiary/aromatic N) is 3. The number of hydrogen-bond acceptors (Lipinski definition) is 6. The number of aliphatic carboxylic acids is 1. The molecule has 1 amide bonds. The molecule has 0 aliphatic heterocycles. The van der Waals surface area contributed by atoms with Crippen LogP contribution in [-0.4, -0.2) is 26.8 Å². The van der Waals surface area contributed by atoms with E-state index in [-0.39, 0.29) is 35.5 Å². The fourth-order valence-corrected chi connectivity index (χ4v) is 4.11. The molecule has 9 heteroatoms. The number of nitrogens with one attached hydrogen (secondary N) is 1. The van der Waals surface area contributed by atoms with Gasteiger partial charge in [0.15, 0.2) is 0 Å². The molecule has 1 N–H and O–H groups in total. The summed E-state index contributed by atoms with van der Waals surface area (Å²) in [6.07, 6.45) is 1.71. The molecule has 5 rings (SSSR count). The van der Waals surface area contributed by atoms with E-state index in [1.165, 1.54) is 6.33 Å². The summed E-state index contributed by atoms with van der Waals surface area (Å²) in [4.78, 5) is 23.8. The van der Waals surface area contributed by atoms with Crippen LogP contribution in [0.4, 0.5) is 10.7 Å². The van der Waals surface area contributed by atoms with Gasteiger partial charge in [-0.3, -0.25) is 9.88 Å². The van der Waals surface area contributed by atoms with E-state index in [4.69, 9.17) is 4.74 Å². The maximum Gasteiger partial charge on any atom is 1.00 e. The largest absolute Gasteiger partial charge is 1.00 e. The average Bonchev–Trinajstić information content (AvgIpc) is 3.58. The minimum atomic E-state index is -1.01. The second-order valence-corrected chi connectivity index (χ2v) is 8.60. The zero-order valence-corrected chi connectivity index (χ0v) is 22.0. The molecule has 1 aromatic heterocycles. The molecule has 176 valence electrons. The van der Waals surface area contributed by atoms with Gasteiger partial charge in [0, 0.05) is 5.41 Å². The van der Waals surface area contributed by atoms with Crippen molar-refractivity contribution in [2.75, 3.05) is 5.32 Å². The summed E-state index contributed by atoms with van der Waals surface area (Å²) in [6, 6.07) is 24.7. The summed E-state index contributed by atoms with van der Waals surface area (Å²) in [5.74, 6) is -0.768. The Bertz CT molecular complexity index is 1350. The molecule has 1 aliphatic rings. The van der Waals surface area contributed by atoms with Crippen LogP contribution in [0.1, 0.15) is 37.0 Å². The number of aromatic nitrogens is 3. The molecule has 36 heavy (non-hydrogen) atoms. The number of ether oxygens (including phenoxy) is 1. The van der Waals surface area contributed by atoms with E-state index in [0.717, 1.165) is 27.9 Å². The number of carboxylic acid groups (broad SMARTS) is 1. The molecule has 0 bridgehead atoms. The molecule has 4 aromatic rings. The Hall–Kier alpha value is -3.46. The van der Waals surface area contributed by atoms with Gasteiger partial charge in [-0.15, -0.1) is 10.2 Å². The molecule has 0 unspecified atom stereocenters. The molecule has 1 heterocycles. The summed E-state index contributed by atoms with van der Waals surface area (Å²) in [5.41, 5.74) is 3.55. The zero-order valence-electron chi connectivity index (χ0n) is 20.0. The van der Waals surface area contributed by atoms with Gasteiger partial charge in [0.2, 0.25) is 5.95 Å². The minimum Gasteiger partial charge on any atom is -0.549 e. The van der Waals surface area contributed by atoms with Crippen molar-refractivity contribution in [3.63, 3.8) is 0 Å². The van der Waals surface area contributed by atoms with Crippen LogP contribution in [0.3, 0.4) is 0 Å². The molecule has 0 radical (unpaired) electrons. The Labute approximate surface area is 230 Å². The van der Waals surface area contributed by atoms with Crippen molar-refractivity contribution >= 4 is 18.0 Å². The van der Waals surface area contributed by atoms with Crippen molar-refractivity contribution in [1.82, 2.24) is 14.8 Å². The number of carbonyl (C=O) groups excluding carboxylic acids is 2. The number of amides is 1. The number of benzene rings is 3. The fraction of sp³-hybridized carbons (Fsp3) is 0.185. The predicted molar refractivity (Wildman–Crippen MR) is 128 cm³/mol. The Morgan fingerprint density at radius 1 is 0.972 bits per heavy atom. The molecule has 1 atom stereocenters. The normalized spacial score (nSPS) is 14.2. The molecular formula is C27H23N4NaO4. The van der Waals surface area contributed by atoms with E-state index in [0.29, 0.717) is 12.8 Å². The number of rotatable bonds is 7. The smallest absolute Gasteiger partial charge is 0.549 e. The average molecular weight is 490 g/mol. The number of hydrogen-bond donors (Lipinski definition) is 1. The topological polar surface area (TPSA) is 109 Å². The summed E-state index contributed by atoms with van der Waals surface area (Å²) in [7, 11) is 0. The SMILES string of the molecule is C[C@@H](OC(=O)Nc1nncn1-c1ccc(-c2ccc(C3(C(=O)[O-])CC3)cc2)cc1)c1ccccc1.[Na+]. The molecular weight excluding hydrogens is 467 g/mol. The van der Waals surface area contributed by atoms with Crippen molar-refractivity contribution < 1.29 is 49.0 Å². The van der Waals surface area contributed by atoms with Crippen molar-refractivity contribution in [2.45, 2.75) is 31.3 Å². The van der Waals surface area contributed by atoms with Crippen molar-refractivity contribution in [2.24, 2.45) is 0 Å². The molecule has 1 saturated carbocycles. The van der Waals surface area contributed by atoms with Crippen LogP contribution < -0.4 is 40.0 Å². The van der Waals surface area contributed by atoms with Crippen LogP contribution >= 0.6 is 0 Å². The maximum absolute atomic E-state index is 12.4. The molecule has 3 aromatic carbocycles. The minimum absolute atomic E-state index is 0. The van der Waals surface area contributed by atoms with Gasteiger partial charge in [-0.2, -0.15) is 0 Å². The van der Waals surface area contributed by atoms with Gasteiger partial charge in [-0.05, 0) is 54.2 Å². The quantitative estimate of drug-likeness (QED) is 0.388.